The molecule has 0 bridgehead atoms. The van der Waals surface area contributed by atoms with E-state index in [0.29, 0.717) is 11.4 Å². The normalized spacial score (nSPS) is 10.5. The van der Waals surface area contributed by atoms with Crippen LogP contribution in [0.25, 0.3) is 6.08 Å². The van der Waals surface area contributed by atoms with E-state index in [-0.39, 0.29) is 12.6 Å². The van der Waals surface area contributed by atoms with Gasteiger partial charge in [0, 0.05) is 13.0 Å². The van der Waals surface area contributed by atoms with Gasteiger partial charge in [-0.05, 0) is 24.6 Å². The minimum absolute atomic E-state index is 0.0932. The number of ether oxygens (including phenoxy) is 1. The monoisotopic (exact) mass is 235 g/mol. The molecule has 0 aromatic carbocycles. The van der Waals surface area contributed by atoms with E-state index in [1.807, 2.05) is 6.92 Å². The molecule has 1 aromatic rings. The molecule has 0 aliphatic carbocycles. The molecule has 0 amide bonds. The molecule has 0 aliphatic rings. The second kappa shape index (κ2) is 5.79. The molecule has 0 saturated carbocycles. The summed E-state index contributed by atoms with van der Waals surface area (Å²) in [7, 11) is 0. The first-order valence-electron chi connectivity index (χ1n) is 5.00. The van der Waals surface area contributed by atoms with Crippen LogP contribution in [0.1, 0.15) is 23.9 Å². The SMILES string of the molecule is CC(=O)OCc1nc(C=CC(=O)O)ccc1C. The second-order valence-electron chi connectivity index (χ2n) is 3.45. The summed E-state index contributed by atoms with van der Waals surface area (Å²) in [6, 6.07) is 3.50. The molecule has 0 spiro atoms. The summed E-state index contributed by atoms with van der Waals surface area (Å²) in [4.78, 5) is 25.2. The van der Waals surface area contributed by atoms with Gasteiger partial charge in [-0.3, -0.25) is 4.79 Å². The van der Waals surface area contributed by atoms with Crippen molar-refractivity contribution >= 4 is 18.0 Å². The van der Waals surface area contributed by atoms with Crippen molar-refractivity contribution in [3.8, 4) is 0 Å². The Labute approximate surface area is 98.7 Å². The fraction of sp³-hybridized carbons (Fsp3) is 0.250. The average molecular weight is 235 g/mol. The molecular weight excluding hydrogens is 222 g/mol. The molecule has 1 aromatic heterocycles. The lowest BCUT2D eigenvalue weighted by Crippen LogP contribution is -2.03. The standard InChI is InChI=1S/C12H13NO4/c1-8-3-4-10(5-6-12(15)16)13-11(8)7-17-9(2)14/h3-6H,7H2,1-2H3,(H,15,16). The number of esters is 1. The third-order valence-electron chi connectivity index (χ3n) is 2.03. The summed E-state index contributed by atoms with van der Waals surface area (Å²) in [5, 5.41) is 8.49. The molecule has 0 radical (unpaired) electrons. The molecular formula is C12H13NO4. The molecule has 0 atom stereocenters. The van der Waals surface area contributed by atoms with Crippen LogP contribution < -0.4 is 0 Å². The van der Waals surface area contributed by atoms with E-state index in [2.05, 4.69) is 4.98 Å². The molecule has 0 unspecified atom stereocenters. The topological polar surface area (TPSA) is 76.5 Å². The molecule has 1 heterocycles. The average Bonchev–Trinajstić information content (AvgIpc) is 2.26. The minimum atomic E-state index is -1.03. The molecule has 17 heavy (non-hydrogen) atoms. The van der Waals surface area contributed by atoms with Gasteiger partial charge < -0.3 is 9.84 Å². The number of nitrogens with zero attached hydrogens (tertiary/aromatic N) is 1. The zero-order chi connectivity index (χ0) is 12.8. The van der Waals surface area contributed by atoms with Crippen molar-refractivity contribution in [2.75, 3.05) is 0 Å². The van der Waals surface area contributed by atoms with Gasteiger partial charge in [0.1, 0.15) is 6.61 Å². The molecule has 0 saturated heterocycles. The summed E-state index contributed by atoms with van der Waals surface area (Å²) < 4.78 is 4.85. The van der Waals surface area contributed by atoms with Crippen molar-refractivity contribution in [1.82, 2.24) is 4.98 Å². The first kappa shape index (κ1) is 12.9. The van der Waals surface area contributed by atoms with Crippen molar-refractivity contribution in [3.63, 3.8) is 0 Å². The Bertz CT molecular complexity index is 466. The number of aliphatic carboxylic acids is 1. The lowest BCUT2D eigenvalue weighted by molar-refractivity contribution is -0.142. The second-order valence-corrected chi connectivity index (χ2v) is 3.45. The van der Waals surface area contributed by atoms with Crippen LogP contribution in [0.2, 0.25) is 0 Å². The molecule has 0 aliphatic heterocycles. The smallest absolute Gasteiger partial charge is 0.328 e. The van der Waals surface area contributed by atoms with E-state index in [4.69, 9.17) is 9.84 Å². The number of hydrogen-bond acceptors (Lipinski definition) is 4. The van der Waals surface area contributed by atoms with Gasteiger partial charge in [0.25, 0.3) is 0 Å². The number of carboxylic acids is 1. The van der Waals surface area contributed by atoms with E-state index in [0.717, 1.165) is 11.6 Å². The van der Waals surface area contributed by atoms with E-state index in [1.165, 1.54) is 13.0 Å². The van der Waals surface area contributed by atoms with Crippen LogP contribution in [-0.4, -0.2) is 22.0 Å². The van der Waals surface area contributed by atoms with Gasteiger partial charge >= 0.3 is 11.9 Å². The van der Waals surface area contributed by atoms with Crippen LogP contribution in [0.15, 0.2) is 18.2 Å². The van der Waals surface area contributed by atoms with Crippen molar-refractivity contribution in [2.24, 2.45) is 0 Å². The van der Waals surface area contributed by atoms with Gasteiger partial charge in [0.15, 0.2) is 0 Å². The van der Waals surface area contributed by atoms with Gasteiger partial charge in [-0.25, -0.2) is 9.78 Å². The Hall–Kier alpha value is -2.17. The van der Waals surface area contributed by atoms with Gasteiger partial charge in [0.2, 0.25) is 0 Å². The van der Waals surface area contributed by atoms with Crippen molar-refractivity contribution in [1.29, 1.82) is 0 Å². The molecule has 5 heteroatoms. The first-order valence-corrected chi connectivity index (χ1v) is 5.00. The quantitative estimate of drug-likeness (QED) is 0.633. The number of aromatic nitrogens is 1. The fourth-order valence-corrected chi connectivity index (χ4v) is 1.15. The summed E-state index contributed by atoms with van der Waals surface area (Å²) >= 11 is 0. The number of hydrogen-bond donors (Lipinski definition) is 1. The van der Waals surface area contributed by atoms with Gasteiger partial charge in [-0.1, -0.05) is 6.07 Å². The lowest BCUT2D eigenvalue weighted by Gasteiger charge is -2.05. The zero-order valence-electron chi connectivity index (χ0n) is 9.64. The number of carbonyl (C=O) groups excluding carboxylic acids is 1. The Morgan fingerprint density at radius 3 is 2.76 bits per heavy atom. The highest BCUT2D eigenvalue weighted by Gasteiger charge is 2.03. The van der Waals surface area contributed by atoms with Crippen molar-refractivity contribution in [3.05, 3.63) is 35.2 Å². The van der Waals surface area contributed by atoms with Crippen LogP contribution in [0.4, 0.5) is 0 Å². The third kappa shape index (κ3) is 4.46. The molecule has 1 rings (SSSR count). The van der Waals surface area contributed by atoms with Crippen molar-refractivity contribution in [2.45, 2.75) is 20.5 Å². The summed E-state index contributed by atoms with van der Waals surface area (Å²) in [5.41, 5.74) is 2.02. The lowest BCUT2D eigenvalue weighted by atomic mass is 10.2. The maximum Gasteiger partial charge on any atom is 0.328 e. The summed E-state index contributed by atoms with van der Waals surface area (Å²) in [6.07, 6.45) is 2.40. The van der Waals surface area contributed by atoms with Crippen LogP contribution >= 0.6 is 0 Å². The fourth-order valence-electron chi connectivity index (χ4n) is 1.15. The Morgan fingerprint density at radius 2 is 2.18 bits per heavy atom. The zero-order valence-corrected chi connectivity index (χ0v) is 9.64. The minimum Gasteiger partial charge on any atom is -0.478 e. The van der Waals surface area contributed by atoms with Crippen LogP contribution in [0.5, 0.6) is 0 Å². The highest BCUT2D eigenvalue weighted by atomic mass is 16.5. The number of carbonyl (C=O) groups is 2. The van der Waals surface area contributed by atoms with Gasteiger partial charge in [-0.2, -0.15) is 0 Å². The van der Waals surface area contributed by atoms with Crippen LogP contribution in [0, 0.1) is 6.92 Å². The predicted octanol–water partition coefficient (Wildman–Crippen LogP) is 1.55. The summed E-state index contributed by atoms with van der Waals surface area (Å²) in [6.45, 7) is 3.26. The van der Waals surface area contributed by atoms with Gasteiger partial charge in [-0.15, -0.1) is 0 Å². The Morgan fingerprint density at radius 1 is 1.47 bits per heavy atom. The van der Waals surface area contributed by atoms with E-state index >= 15 is 0 Å². The summed E-state index contributed by atoms with van der Waals surface area (Å²) in [5.74, 6) is -1.41. The van der Waals surface area contributed by atoms with Crippen LogP contribution in [-0.2, 0) is 20.9 Å². The van der Waals surface area contributed by atoms with Crippen molar-refractivity contribution < 1.29 is 19.4 Å². The highest BCUT2D eigenvalue weighted by Crippen LogP contribution is 2.09. The number of carboxylic acid groups (broad SMARTS) is 1. The van der Waals surface area contributed by atoms with Gasteiger partial charge in [0.05, 0.1) is 11.4 Å². The Kier molecular flexibility index (Phi) is 4.39. The highest BCUT2D eigenvalue weighted by molar-refractivity contribution is 5.84. The van der Waals surface area contributed by atoms with Crippen LogP contribution in [0.3, 0.4) is 0 Å². The maximum atomic E-state index is 10.7. The number of pyridine rings is 1. The molecule has 90 valence electrons. The number of aryl methyl sites for hydroxylation is 1. The first-order chi connectivity index (χ1) is 7.99. The largest absolute Gasteiger partial charge is 0.478 e. The molecule has 5 nitrogen and oxygen atoms in total. The van der Waals surface area contributed by atoms with E-state index in [1.54, 1.807) is 12.1 Å². The van der Waals surface area contributed by atoms with E-state index < -0.39 is 5.97 Å². The third-order valence-corrected chi connectivity index (χ3v) is 2.03. The maximum absolute atomic E-state index is 10.7. The van der Waals surface area contributed by atoms with E-state index in [9.17, 15) is 9.59 Å². The molecule has 0 fully saturated rings. The number of rotatable bonds is 4. The Balaban J connectivity index is 2.86. The predicted molar refractivity (Wildman–Crippen MR) is 61.1 cm³/mol. The molecule has 1 N–H and O–H groups in total.